The van der Waals surface area contributed by atoms with Gasteiger partial charge in [-0.15, -0.1) is 0 Å². The van der Waals surface area contributed by atoms with Gasteiger partial charge in [-0.2, -0.15) is 0 Å². The molecule has 0 saturated carbocycles. The van der Waals surface area contributed by atoms with Crippen LogP contribution in [0.2, 0.25) is 0 Å². The van der Waals surface area contributed by atoms with Gasteiger partial charge in [-0.25, -0.2) is 4.79 Å². The number of anilines is 2. The summed E-state index contributed by atoms with van der Waals surface area (Å²) in [7, 11) is 0. The van der Waals surface area contributed by atoms with Crippen LogP contribution in [0.15, 0.2) is 85.1 Å². The van der Waals surface area contributed by atoms with Gasteiger partial charge in [0.1, 0.15) is 0 Å². The van der Waals surface area contributed by atoms with Crippen LogP contribution < -0.4 is 21.5 Å². The van der Waals surface area contributed by atoms with Crippen LogP contribution in [0.25, 0.3) is 10.9 Å². The van der Waals surface area contributed by atoms with Crippen LogP contribution in [0.3, 0.4) is 0 Å². The number of para-hydroxylation sites is 2. The third-order valence-corrected chi connectivity index (χ3v) is 4.78. The molecule has 0 aliphatic rings. The highest BCUT2D eigenvalue weighted by Gasteiger charge is 2.11. The summed E-state index contributed by atoms with van der Waals surface area (Å²) in [6.07, 6.45) is 1.91. The topological polar surface area (TPSA) is 115 Å². The number of urea groups is 1. The van der Waals surface area contributed by atoms with Crippen molar-refractivity contribution < 1.29 is 14.4 Å². The van der Waals surface area contributed by atoms with Gasteiger partial charge in [-0.3, -0.25) is 20.4 Å². The zero-order chi connectivity index (χ0) is 22.3. The summed E-state index contributed by atoms with van der Waals surface area (Å²) in [5.74, 6) is -0.795. The third kappa shape index (κ3) is 5.11. The van der Waals surface area contributed by atoms with Crippen LogP contribution in [-0.2, 0) is 11.2 Å². The van der Waals surface area contributed by atoms with Gasteiger partial charge in [0.15, 0.2) is 0 Å². The van der Waals surface area contributed by atoms with Gasteiger partial charge in [-0.1, -0.05) is 36.4 Å². The maximum Gasteiger partial charge on any atom is 0.323 e. The first-order valence-electron chi connectivity index (χ1n) is 9.96. The summed E-state index contributed by atoms with van der Waals surface area (Å²) < 4.78 is 0. The van der Waals surface area contributed by atoms with Crippen molar-refractivity contribution in [1.29, 1.82) is 0 Å². The van der Waals surface area contributed by atoms with Gasteiger partial charge in [0.05, 0.1) is 6.42 Å². The van der Waals surface area contributed by atoms with Crippen molar-refractivity contribution >= 4 is 40.1 Å². The molecular weight excluding hydrogens is 406 g/mol. The van der Waals surface area contributed by atoms with E-state index in [2.05, 4.69) is 26.5 Å². The van der Waals surface area contributed by atoms with E-state index in [4.69, 9.17) is 0 Å². The highest BCUT2D eigenvalue weighted by atomic mass is 16.2. The van der Waals surface area contributed by atoms with E-state index in [0.29, 0.717) is 16.9 Å². The van der Waals surface area contributed by atoms with E-state index < -0.39 is 11.9 Å². The average Bonchev–Trinajstić information content (AvgIpc) is 3.21. The van der Waals surface area contributed by atoms with Crippen LogP contribution in [0.1, 0.15) is 15.9 Å². The first-order chi connectivity index (χ1) is 15.6. The lowest BCUT2D eigenvalue weighted by Gasteiger charge is -2.09. The summed E-state index contributed by atoms with van der Waals surface area (Å²) in [5.41, 5.74) is 8.16. The Bertz CT molecular complexity index is 1250. The fourth-order valence-corrected chi connectivity index (χ4v) is 3.21. The van der Waals surface area contributed by atoms with Crippen molar-refractivity contribution in [1.82, 2.24) is 15.8 Å². The van der Waals surface area contributed by atoms with E-state index in [-0.39, 0.29) is 12.3 Å². The largest absolute Gasteiger partial charge is 0.361 e. The molecule has 4 amide bonds. The molecule has 5 N–H and O–H groups in total. The number of hydrazine groups is 1. The molecule has 8 heteroatoms. The number of carbonyl (C=O) groups excluding carboxylic acids is 3. The summed E-state index contributed by atoms with van der Waals surface area (Å²) in [6.45, 7) is 0. The number of hydrogen-bond acceptors (Lipinski definition) is 3. The molecule has 0 atom stereocenters. The number of nitrogens with one attached hydrogen (secondary N) is 5. The minimum absolute atomic E-state index is 0.129. The van der Waals surface area contributed by atoms with E-state index in [0.717, 1.165) is 16.5 Å². The van der Waals surface area contributed by atoms with Crippen LogP contribution >= 0.6 is 0 Å². The third-order valence-electron chi connectivity index (χ3n) is 4.78. The Hall–Kier alpha value is -4.59. The number of benzene rings is 3. The highest BCUT2D eigenvalue weighted by Crippen LogP contribution is 2.18. The second kappa shape index (κ2) is 9.48. The zero-order valence-corrected chi connectivity index (χ0v) is 17.0. The van der Waals surface area contributed by atoms with Gasteiger partial charge in [-0.05, 0) is 48.0 Å². The van der Waals surface area contributed by atoms with Gasteiger partial charge in [0, 0.05) is 34.0 Å². The summed E-state index contributed by atoms with van der Waals surface area (Å²) in [4.78, 5) is 39.7. The predicted molar refractivity (Wildman–Crippen MR) is 123 cm³/mol. The van der Waals surface area contributed by atoms with E-state index >= 15 is 0 Å². The molecule has 0 fully saturated rings. The van der Waals surface area contributed by atoms with Crippen LogP contribution in [0, 0.1) is 0 Å². The molecule has 0 radical (unpaired) electrons. The lowest BCUT2D eigenvalue weighted by Crippen LogP contribution is -2.42. The summed E-state index contributed by atoms with van der Waals surface area (Å²) >= 11 is 0. The zero-order valence-electron chi connectivity index (χ0n) is 17.0. The summed E-state index contributed by atoms with van der Waals surface area (Å²) in [6, 6.07) is 22.7. The van der Waals surface area contributed by atoms with Crippen LogP contribution in [-0.4, -0.2) is 22.8 Å². The smallest absolute Gasteiger partial charge is 0.323 e. The lowest BCUT2D eigenvalue weighted by molar-refractivity contribution is -0.121. The standard InChI is InChI=1S/C24H21N5O3/c30-22(14-17-15-25-21-9-5-4-8-20(17)21)28-29-23(31)16-10-12-19(13-11-16)27-24(32)26-18-6-2-1-3-7-18/h1-13,15,25H,14H2,(H,28,30)(H,29,31)(H2,26,27,32). The van der Waals surface area contributed by atoms with Crippen LogP contribution in [0.5, 0.6) is 0 Å². The van der Waals surface area contributed by atoms with Crippen molar-refractivity contribution in [2.45, 2.75) is 6.42 Å². The van der Waals surface area contributed by atoms with Gasteiger partial charge in [0.2, 0.25) is 5.91 Å². The van der Waals surface area contributed by atoms with Crippen molar-refractivity contribution in [3.8, 4) is 0 Å². The molecule has 160 valence electrons. The monoisotopic (exact) mass is 427 g/mol. The normalized spacial score (nSPS) is 10.4. The van der Waals surface area contributed by atoms with E-state index in [1.54, 1.807) is 42.6 Å². The molecule has 0 saturated heterocycles. The second-order valence-electron chi connectivity index (χ2n) is 7.06. The molecule has 0 bridgehead atoms. The number of hydrogen-bond donors (Lipinski definition) is 5. The molecule has 0 aliphatic carbocycles. The molecule has 4 rings (SSSR count). The molecule has 4 aromatic rings. The number of carbonyl (C=O) groups is 3. The quantitative estimate of drug-likeness (QED) is 0.312. The van der Waals surface area contributed by atoms with Gasteiger partial charge >= 0.3 is 6.03 Å². The fraction of sp³-hybridized carbons (Fsp3) is 0.0417. The Labute approximate surface area is 184 Å². The Morgan fingerprint density at radius 1 is 0.719 bits per heavy atom. The van der Waals surface area contributed by atoms with Crippen molar-refractivity contribution in [3.05, 3.63) is 96.2 Å². The molecular formula is C24H21N5O3. The molecule has 32 heavy (non-hydrogen) atoms. The first-order valence-corrected chi connectivity index (χ1v) is 9.96. The maximum atomic E-state index is 12.3. The van der Waals surface area contributed by atoms with Gasteiger partial charge < -0.3 is 15.6 Å². The van der Waals surface area contributed by atoms with Crippen molar-refractivity contribution in [2.75, 3.05) is 10.6 Å². The SMILES string of the molecule is O=C(Cc1c[nH]c2ccccc12)NNC(=O)c1ccc(NC(=O)Nc2ccccc2)cc1. The summed E-state index contributed by atoms with van der Waals surface area (Å²) in [5, 5.41) is 6.37. The molecule has 1 aromatic heterocycles. The Morgan fingerprint density at radius 3 is 2.12 bits per heavy atom. The van der Waals surface area contributed by atoms with Crippen molar-refractivity contribution in [3.63, 3.8) is 0 Å². The van der Waals surface area contributed by atoms with E-state index in [9.17, 15) is 14.4 Å². The Morgan fingerprint density at radius 2 is 1.38 bits per heavy atom. The number of amides is 4. The molecule has 3 aromatic carbocycles. The minimum Gasteiger partial charge on any atom is -0.361 e. The Balaban J connectivity index is 1.27. The molecule has 1 heterocycles. The van der Waals surface area contributed by atoms with Crippen molar-refractivity contribution in [2.24, 2.45) is 0 Å². The minimum atomic E-state index is -0.461. The number of H-pyrrole nitrogens is 1. The first kappa shape index (κ1) is 20.7. The van der Waals surface area contributed by atoms with Crippen LogP contribution in [0.4, 0.5) is 16.2 Å². The number of rotatable bonds is 5. The maximum absolute atomic E-state index is 12.3. The molecule has 0 unspecified atom stereocenters. The number of aromatic amines is 1. The number of aromatic nitrogens is 1. The Kier molecular flexibility index (Phi) is 6.12. The predicted octanol–water partition coefficient (Wildman–Crippen LogP) is 3.82. The fourth-order valence-electron chi connectivity index (χ4n) is 3.21. The molecule has 0 aliphatic heterocycles. The molecule has 0 spiro atoms. The lowest BCUT2D eigenvalue weighted by atomic mass is 10.1. The average molecular weight is 427 g/mol. The second-order valence-corrected chi connectivity index (χ2v) is 7.06. The number of fused-ring (bicyclic) bond motifs is 1. The van der Waals surface area contributed by atoms with E-state index in [1.807, 2.05) is 42.5 Å². The molecule has 8 nitrogen and oxygen atoms in total. The van der Waals surface area contributed by atoms with Gasteiger partial charge in [0.25, 0.3) is 5.91 Å². The van der Waals surface area contributed by atoms with E-state index in [1.165, 1.54) is 0 Å². The highest BCUT2D eigenvalue weighted by molar-refractivity contribution is 6.00.